The lowest BCUT2D eigenvalue weighted by Gasteiger charge is -2.08. The average Bonchev–Trinajstić information content (AvgIpc) is 2.02. The number of nitrogens with zero attached hydrogens (tertiary/aromatic N) is 1. The molecule has 0 radical (unpaired) electrons. The maximum absolute atomic E-state index is 12.5. The van der Waals surface area contributed by atoms with Crippen LogP contribution in [0.1, 0.15) is 17.6 Å². The molecule has 0 unspecified atom stereocenters. The van der Waals surface area contributed by atoms with Gasteiger partial charge in [0.25, 0.3) is 6.43 Å². The second-order valence-corrected chi connectivity index (χ2v) is 4.14. The topological polar surface area (TPSA) is 38.9 Å². The molecule has 2 N–H and O–H groups in total. The highest BCUT2D eigenvalue weighted by Gasteiger charge is 2.16. The first-order valence-corrected chi connectivity index (χ1v) is 5.26. The Morgan fingerprint density at radius 2 is 2.23 bits per heavy atom. The summed E-state index contributed by atoms with van der Waals surface area (Å²) >= 11 is 4.95. The van der Waals surface area contributed by atoms with Crippen molar-refractivity contribution < 1.29 is 8.78 Å². The first-order chi connectivity index (χ1) is 6.06. The first kappa shape index (κ1) is 11.3. The molecule has 72 valence electrons. The summed E-state index contributed by atoms with van der Waals surface area (Å²) in [6.45, 7) is 0.0816. The van der Waals surface area contributed by atoms with Crippen LogP contribution in [0.15, 0.2) is 10.7 Å². The Kier molecular flexibility index (Phi) is 3.99. The largest absolute Gasteiger partial charge is 0.326 e. The lowest BCUT2D eigenvalue weighted by molar-refractivity contribution is 0.150. The van der Waals surface area contributed by atoms with Crippen molar-refractivity contribution in [3.8, 4) is 0 Å². The number of halogens is 4. The van der Waals surface area contributed by atoms with Crippen molar-refractivity contribution in [2.75, 3.05) is 0 Å². The Balaban J connectivity index is 3.29. The summed E-state index contributed by atoms with van der Waals surface area (Å²) < 4.78 is 25.9. The molecule has 1 heterocycles. The fourth-order valence-electron chi connectivity index (χ4n) is 0.925. The van der Waals surface area contributed by atoms with E-state index >= 15 is 0 Å². The van der Waals surface area contributed by atoms with Crippen LogP contribution in [-0.2, 0) is 6.54 Å². The predicted octanol–water partition coefficient (Wildman–Crippen LogP) is 2.85. The van der Waals surface area contributed by atoms with Gasteiger partial charge in [0, 0.05) is 17.7 Å². The minimum Gasteiger partial charge on any atom is -0.326 e. The van der Waals surface area contributed by atoms with Crippen LogP contribution in [-0.4, -0.2) is 4.98 Å². The maximum Gasteiger partial charge on any atom is 0.264 e. The van der Waals surface area contributed by atoms with Gasteiger partial charge in [-0.25, -0.2) is 13.8 Å². The first-order valence-electron chi connectivity index (χ1n) is 3.39. The predicted molar refractivity (Wildman–Crippen MR) is 57.5 cm³/mol. The van der Waals surface area contributed by atoms with Crippen molar-refractivity contribution >= 4 is 38.5 Å². The van der Waals surface area contributed by atoms with Crippen LogP contribution in [0, 0.1) is 3.70 Å². The van der Waals surface area contributed by atoms with Crippen molar-refractivity contribution in [3.05, 3.63) is 25.5 Å². The normalized spacial score (nSPS) is 10.9. The van der Waals surface area contributed by atoms with Crippen LogP contribution in [0.5, 0.6) is 0 Å². The van der Waals surface area contributed by atoms with Gasteiger partial charge in [0.2, 0.25) is 0 Å². The number of nitrogens with two attached hydrogens (primary N) is 1. The van der Waals surface area contributed by atoms with Crippen LogP contribution >= 0.6 is 38.5 Å². The number of pyridine rings is 1. The van der Waals surface area contributed by atoms with Crippen molar-refractivity contribution in [2.45, 2.75) is 13.0 Å². The standard InChI is InChI=1S/C7H6BrF2IN2/c8-5-1-3(6(9)10)4(2-12)7(11)13-5/h1,6H,2,12H2. The fourth-order valence-corrected chi connectivity index (χ4v) is 2.47. The molecule has 0 aliphatic heterocycles. The van der Waals surface area contributed by atoms with Crippen LogP contribution < -0.4 is 5.73 Å². The smallest absolute Gasteiger partial charge is 0.264 e. The summed E-state index contributed by atoms with van der Waals surface area (Å²) in [4.78, 5) is 3.98. The molecular weight excluding hydrogens is 357 g/mol. The molecule has 0 amide bonds. The molecule has 13 heavy (non-hydrogen) atoms. The lowest BCUT2D eigenvalue weighted by atomic mass is 10.1. The quantitative estimate of drug-likeness (QED) is 0.649. The van der Waals surface area contributed by atoms with Gasteiger partial charge in [0.05, 0.1) is 0 Å². The molecule has 0 spiro atoms. The molecule has 0 bridgehead atoms. The molecule has 0 saturated carbocycles. The van der Waals surface area contributed by atoms with Crippen LogP contribution in [0.3, 0.4) is 0 Å². The van der Waals surface area contributed by atoms with E-state index in [-0.39, 0.29) is 12.1 Å². The van der Waals surface area contributed by atoms with Crippen LogP contribution in [0.2, 0.25) is 0 Å². The van der Waals surface area contributed by atoms with Gasteiger partial charge in [-0.05, 0) is 44.6 Å². The number of rotatable bonds is 2. The van der Waals surface area contributed by atoms with E-state index in [1.165, 1.54) is 6.07 Å². The Bertz CT molecular complexity index is 320. The molecule has 0 aliphatic rings. The Morgan fingerprint density at radius 3 is 2.69 bits per heavy atom. The van der Waals surface area contributed by atoms with E-state index in [1.54, 1.807) is 0 Å². The second-order valence-electron chi connectivity index (χ2n) is 2.31. The zero-order chi connectivity index (χ0) is 10.0. The SMILES string of the molecule is NCc1c(C(F)F)cc(Br)nc1I. The van der Waals surface area contributed by atoms with Crippen LogP contribution in [0.25, 0.3) is 0 Å². The highest BCUT2D eigenvalue weighted by atomic mass is 127. The van der Waals surface area contributed by atoms with E-state index in [9.17, 15) is 8.78 Å². The molecule has 1 aromatic rings. The molecule has 1 aromatic heterocycles. The number of alkyl halides is 2. The number of aromatic nitrogens is 1. The Morgan fingerprint density at radius 1 is 1.62 bits per heavy atom. The van der Waals surface area contributed by atoms with Crippen molar-refractivity contribution in [2.24, 2.45) is 5.73 Å². The minimum atomic E-state index is -2.51. The van der Waals surface area contributed by atoms with Gasteiger partial charge in [0.15, 0.2) is 0 Å². The maximum atomic E-state index is 12.5. The molecule has 2 nitrogen and oxygen atoms in total. The Hall–Kier alpha value is 0.180. The monoisotopic (exact) mass is 362 g/mol. The van der Waals surface area contributed by atoms with Crippen molar-refractivity contribution in [1.82, 2.24) is 4.98 Å². The van der Waals surface area contributed by atoms with E-state index < -0.39 is 6.43 Å². The second kappa shape index (κ2) is 4.61. The highest BCUT2D eigenvalue weighted by Crippen LogP contribution is 2.27. The molecule has 0 fully saturated rings. The Labute approximate surface area is 96.2 Å². The summed E-state index contributed by atoms with van der Waals surface area (Å²) in [6, 6.07) is 1.30. The summed E-state index contributed by atoms with van der Waals surface area (Å²) in [5.41, 5.74) is 5.71. The molecule has 1 rings (SSSR count). The molecule has 0 saturated heterocycles. The summed E-state index contributed by atoms with van der Waals surface area (Å²) in [7, 11) is 0. The third-order valence-electron chi connectivity index (χ3n) is 1.52. The van der Waals surface area contributed by atoms with Gasteiger partial charge in [-0.3, -0.25) is 0 Å². The molecule has 0 atom stereocenters. The van der Waals surface area contributed by atoms with Gasteiger partial charge in [-0.2, -0.15) is 0 Å². The van der Waals surface area contributed by atoms with E-state index in [1.807, 2.05) is 22.6 Å². The zero-order valence-corrected chi connectivity index (χ0v) is 10.1. The third-order valence-corrected chi connectivity index (χ3v) is 2.81. The summed E-state index contributed by atoms with van der Waals surface area (Å²) in [5.74, 6) is 0. The van der Waals surface area contributed by atoms with Gasteiger partial charge in [-0.15, -0.1) is 0 Å². The molecule has 0 aromatic carbocycles. The van der Waals surface area contributed by atoms with Crippen molar-refractivity contribution in [3.63, 3.8) is 0 Å². The van der Waals surface area contributed by atoms with Crippen LogP contribution in [0.4, 0.5) is 8.78 Å². The molecular formula is C7H6BrF2IN2. The zero-order valence-electron chi connectivity index (χ0n) is 6.40. The summed E-state index contributed by atoms with van der Waals surface area (Å²) in [5, 5.41) is 0. The molecule has 0 aliphatic carbocycles. The summed E-state index contributed by atoms with van der Waals surface area (Å²) in [6.07, 6.45) is -2.51. The fraction of sp³-hybridized carbons (Fsp3) is 0.286. The van der Waals surface area contributed by atoms with Gasteiger partial charge in [-0.1, -0.05) is 0 Å². The van der Waals surface area contributed by atoms with E-state index in [0.29, 0.717) is 13.9 Å². The van der Waals surface area contributed by atoms with Gasteiger partial charge in [0.1, 0.15) is 8.30 Å². The minimum absolute atomic E-state index is 0.0474. The number of hydrogen-bond donors (Lipinski definition) is 1. The number of hydrogen-bond acceptors (Lipinski definition) is 2. The van der Waals surface area contributed by atoms with Gasteiger partial charge >= 0.3 is 0 Å². The average molecular weight is 363 g/mol. The third kappa shape index (κ3) is 2.57. The van der Waals surface area contributed by atoms with Crippen molar-refractivity contribution in [1.29, 1.82) is 0 Å². The van der Waals surface area contributed by atoms with E-state index in [2.05, 4.69) is 20.9 Å². The van der Waals surface area contributed by atoms with E-state index in [4.69, 9.17) is 5.73 Å². The van der Waals surface area contributed by atoms with E-state index in [0.717, 1.165) is 0 Å². The van der Waals surface area contributed by atoms with Gasteiger partial charge < -0.3 is 5.73 Å². The highest BCUT2D eigenvalue weighted by molar-refractivity contribution is 14.1. The molecule has 6 heteroatoms. The lowest BCUT2D eigenvalue weighted by Crippen LogP contribution is -2.06.